The van der Waals surface area contributed by atoms with Crippen LogP contribution in [0.25, 0.3) is 0 Å². The molecule has 4 heterocycles. The molecule has 0 bridgehead atoms. The minimum atomic E-state index is 0.0931. The number of aliphatic imine (C=N–C) groups is 1. The quantitative estimate of drug-likeness (QED) is 0.808. The lowest BCUT2D eigenvalue weighted by Gasteiger charge is -2.33. The van der Waals surface area contributed by atoms with Gasteiger partial charge >= 0.3 is 0 Å². The second-order valence-corrected chi connectivity index (χ2v) is 7.29. The molecule has 0 saturated carbocycles. The number of likely N-dealkylation sites (tertiary alicyclic amines) is 1. The van der Waals surface area contributed by atoms with Gasteiger partial charge in [-0.3, -0.25) is 14.8 Å². The van der Waals surface area contributed by atoms with Crippen LogP contribution in [0.5, 0.6) is 0 Å². The molecule has 132 valence electrons. The van der Waals surface area contributed by atoms with E-state index in [0.717, 1.165) is 49.0 Å². The summed E-state index contributed by atoms with van der Waals surface area (Å²) in [4.78, 5) is 25.5. The molecule has 0 N–H and O–H groups in total. The highest BCUT2D eigenvalue weighted by Crippen LogP contribution is 2.31. The van der Waals surface area contributed by atoms with Crippen molar-refractivity contribution in [3.63, 3.8) is 0 Å². The van der Waals surface area contributed by atoms with Gasteiger partial charge in [-0.25, -0.2) is 0 Å². The Balaban J connectivity index is 1.29. The van der Waals surface area contributed by atoms with Gasteiger partial charge in [-0.2, -0.15) is 0 Å². The number of fused-ring (bicyclic) bond motifs is 1. The standard InChI is InChI=1S/C18H22N4O2S/c23-17(10-15-13-25-18-20-7-9-22(15)18)21-8-3-5-16(11-21)24-12-14-4-1-2-6-19-14/h1-2,4,6,13,16H,3,5,7-12H2. The number of aromatic nitrogens is 1. The summed E-state index contributed by atoms with van der Waals surface area (Å²) in [6.45, 7) is 3.73. The second-order valence-electron chi connectivity index (χ2n) is 6.46. The summed E-state index contributed by atoms with van der Waals surface area (Å²) >= 11 is 1.63. The molecule has 4 rings (SSSR count). The summed E-state index contributed by atoms with van der Waals surface area (Å²) in [5.74, 6) is 0.186. The highest BCUT2D eigenvalue weighted by atomic mass is 32.2. The molecule has 0 aromatic carbocycles. The number of carbonyl (C=O) groups is 1. The number of hydrogen-bond acceptors (Lipinski definition) is 6. The van der Waals surface area contributed by atoms with E-state index in [0.29, 0.717) is 19.6 Å². The average molecular weight is 358 g/mol. The SMILES string of the molecule is O=C(CC1=CSC2=NCCN12)N1CCCC(OCc2ccccn2)C1. The Morgan fingerprint density at radius 2 is 2.32 bits per heavy atom. The normalized spacial score (nSPS) is 22.6. The number of nitrogens with zero attached hydrogens (tertiary/aromatic N) is 4. The van der Waals surface area contributed by atoms with Crippen molar-refractivity contribution in [1.29, 1.82) is 0 Å². The molecule has 0 aliphatic carbocycles. The lowest BCUT2D eigenvalue weighted by Crippen LogP contribution is -2.43. The number of ether oxygens (including phenoxy) is 1. The van der Waals surface area contributed by atoms with Crippen molar-refractivity contribution in [3.8, 4) is 0 Å². The fraction of sp³-hybridized carbons (Fsp3) is 0.500. The zero-order chi connectivity index (χ0) is 17.1. The van der Waals surface area contributed by atoms with Crippen molar-refractivity contribution in [1.82, 2.24) is 14.8 Å². The lowest BCUT2D eigenvalue weighted by atomic mass is 10.1. The highest BCUT2D eigenvalue weighted by molar-refractivity contribution is 8.16. The first-order valence-electron chi connectivity index (χ1n) is 8.76. The molecule has 1 amide bonds. The van der Waals surface area contributed by atoms with E-state index in [9.17, 15) is 4.79 Å². The first-order chi connectivity index (χ1) is 12.3. The van der Waals surface area contributed by atoms with Crippen LogP contribution < -0.4 is 0 Å². The topological polar surface area (TPSA) is 58.0 Å². The fourth-order valence-electron chi connectivity index (χ4n) is 3.37. The maximum Gasteiger partial charge on any atom is 0.228 e. The van der Waals surface area contributed by atoms with Crippen molar-refractivity contribution in [2.24, 2.45) is 4.99 Å². The molecule has 6 nitrogen and oxygen atoms in total. The third-order valence-electron chi connectivity index (χ3n) is 4.70. The van der Waals surface area contributed by atoms with Gasteiger partial charge in [0.2, 0.25) is 5.91 Å². The van der Waals surface area contributed by atoms with Crippen LogP contribution in [0.2, 0.25) is 0 Å². The Hall–Kier alpha value is -1.86. The van der Waals surface area contributed by atoms with E-state index in [1.807, 2.05) is 23.1 Å². The van der Waals surface area contributed by atoms with E-state index in [2.05, 4.69) is 20.3 Å². The van der Waals surface area contributed by atoms with Crippen LogP contribution in [0.4, 0.5) is 0 Å². The minimum Gasteiger partial charge on any atom is -0.370 e. The van der Waals surface area contributed by atoms with Gasteiger partial charge in [0.25, 0.3) is 0 Å². The van der Waals surface area contributed by atoms with Gasteiger partial charge in [-0.1, -0.05) is 17.8 Å². The molecule has 25 heavy (non-hydrogen) atoms. The maximum atomic E-state index is 12.7. The van der Waals surface area contributed by atoms with Crippen molar-refractivity contribution in [3.05, 3.63) is 41.2 Å². The van der Waals surface area contributed by atoms with Crippen LogP contribution in [-0.4, -0.2) is 58.1 Å². The monoisotopic (exact) mass is 358 g/mol. The summed E-state index contributed by atoms with van der Waals surface area (Å²) < 4.78 is 5.98. The Morgan fingerprint density at radius 1 is 1.36 bits per heavy atom. The number of amides is 1. The first-order valence-corrected chi connectivity index (χ1v) is 9.64. The van der Waals surface area contributed by atoms with E-state index in [1.165, 1.54) is 0 Å². The fourth-order valence-corrected chi connectivity index (χ4v) is 4.32. The second kappa shape index (κ2) is 7.58. The zero-order valence-electron chi connectivity index (χ0n) is 14.1. The van der Waals surface area contributed by atoms with Gasteiger partial charge in [0.15, 0.2) is 5.17 Å². The molecule has 1 fully saturated rings. The van der Waals surface area contributed by atoms with Crippen LogP contribution >= 0.6 is 11.8 Å². The van der Waals surface area contributed by atoms with Crippen molar-refractivity contribution in [2.45, 2.75) is 32.0 Å². The molecule has 1 unspecified atom stereocenters. The van der Waals surface area contributed by atoms with Gasteiger partial charge < -0.3 is 14.5 Å². The Bertz CT molecular complexity index is 692. The van der Waals surface area contributed by atoms with Gasteiger partial charge in [0, 0.05) is 31.5 Å². The third-order valence-corrected chi connectivity index (χ3v) is 5.66. The number of pyridine rings is 1. The largest absolute Gasteiger partial charge is 0.370 e. The third kappa shape index (κ3) is 3.88. The number of amidine groups is 1. The molecule has 1 aromatic heterocycles. The Morgan fingerprint density at radius 3 is 3.20 bits per heavy atom. The lowest BCUT2D eigenvalue weighted by molar-refractivity contribution is -0.135. The summed E-state index contributed by atoms with van der Waals surface area (Å²) in [6, 6.07) is 5.83. The molecule has 3 aliphatic heterocycles. The van der Waals surface area contributed by atoms with E-state index in [1.54, 1.807) is 18.0 Å². The predicted molar refractivity (Wildman–Crippen MR) is 97.9 cm³/mol. The number of carbonyl (C=O) groups excluding carboxylic acids is 1. The maximum absolute atomic E-state index is 12.7. The molecule has 0 radical (unpaired) electrons. The van der Waals surface area contributed by atoms with Crippen LogP contribution in [0.1, 0.15) is 25.0 Å². The van der Waals surface area contributed by atoms with Gasteiger partial charge in [-0.05, 0) is 30.4 Å². The highest BCUT2D eigenvalue weighted by Gasteiger charge is 2.30. The van der Waals surface area contributed by atoms with Crippen LogP contribution in [-0.2, 0) is 16.1 Å². The molecular weight excluding hydrogens is 336 g/mol. The first kappa shape index (κ1) is 16.6. The smallest absolute Gasteiger partial charge is 0.228 e. The molecule has 1 aromatic rings. The van der Waals surface area contributed by atoms with Crippen molar-refractivity contribution >= 4 is 22.8 Å². The number of hydrogen-bond donors (Lipinski definition) is 0. The molecule has 1 saturated heterocycles. The molecule has 1 atom stereocenters. The summed E-state index contributed by atoms with van der Waals surface area (Å²) in [5.41, 5.74) is 2.02. The van der Waals surface area contributed by atoms with Gasteiger partial charge in [0.1, 0.15) is 0 Å². The number of thioether (sulfide) groups is 1. The van der Waals surface area contributed by atoms with Gasteiger partial charge in [0.05, 0.1) is 31.4 Å². The minimum absolute atomic E-state index is 0.0931. The molecule has 0 spiro atoms. The van der Waals surface area contributed by atoms with Crippen LogP contribution in [0, 0.1) is 0 Å². The number of piperidine rings is 1. The molecule has 3 aliphatic rings. The van der Waals surface area contributed by atoms with E-state index < -0.39 is 0 Å². The van der Waals surface area contributed by atoms with Crippen molar-refractivity contribution < 1.29 is 9.53 Å². The molecule has 7 heteroatoms. The summed E-state index contributed by atoms with van der Waals surface area (Å²) in [7, 11) is 0. The van der Waals surface area contributed by atoms with Crippen LogP contribution in [0.3, 0.4) is 0 Å². The van der Waals surface area contributed by atoms with Crippen molar-refractivity contribution in [2.75, 3.05) is 26.2 Å². The van der Waals surface area contributed by atoms with E-state index >= 15 is 0 Å². The van der Waals surface area contributed by atoms with Gasteiger partial charge in [-0.15, -0.1) is 0 Å². The summed E-state index contributed by atoms with van der Waals surface area (Å²) in [5, 5.41) is 3.10. The van der Waals surface area contributed by atoms with E-state index in [-0.39, 0.29) is 12.0 Å². The summed E-state index contributed by atoms with van der Waals surface area (Å²) in [6.07, 6.45) is 4.31. The average Bonchev–Trinajstić information content (AvgIpc) is 3.26. The van der Waals surface area contributed by atoms with E-state index in [4.69, 9.17) is 4.74 Å². The Kier molecular flexibility index (Phi) is 5.03. The predicted octanol–water partition coefficient (Wildman–Crippen LogP) is 2.24. The Labute approximate surface area is 152 Å². The molecular formula is C18H22N4O2S. The number of rotatable bonds is 5. The van der Waals surface area contributed by atoms with Crippen LogP contribution in [0.15, 0.2) is 40.5 Å². The zero-order valence-corrected chi connectivity index (χ0v) is 15.0.